The van der Waals surface area contributed by atoms with Gasteiger partial charge in [0, 0.05) is 25.3 Å². The zero-order valence-corrected chi connectivity index (χ0v) is 11.7. The first-order chi connectivity index (χ1) is 8.62. The highest BCUT2D eigenvalue weighted by Gasteiger charge is 2.15. The number of rotatable bonds is 7. The van der Waals surface area contributed by atoms with Gasteiger partial charge in [0.05, 0.1) is 19.1 Å². The zero-order valence-electron chi connectivity index (χ0n) is 10.9. The molecule has 0 saturated carbocycles. The van der Waals surface area contributed by atoms with Gasteiger partial charge in [-0.05, 0) is 6.92 Å². The van der Waals surface area contributed by atoms with Gasteiger partial charge in [-0.1, -0.05) is 17.7 Å². The minimum atomic E-state index is -1.04. The van der Waals surface area contributed by atoms with Crippen molar-refractivity contribution in [3.8, 4) is 5.75 Å². The highest BCUT2D eigenvalue weighted by molar-refractivity contribution is 6.18. The van der Waals surface area contributed by atoms with E-state index in [9.17, 15) is 5.11 Å². The average molecular weight is 275 g/mol. The van der Waals surface area contributed by atoms with E-state index >= 15 is 0 Å². The van der Waals surface area contributed by atoms with Crippen LogP contribution in [0.4, 0.5) is 0 Å². The highest BCUT2D eigenvalue weighted by Crippen LogP contribution is 2.28. The van der Waals surface area contributed by atoms with Crippen molar-refractivity contribution in [3.05, 3.63) is 28.8 Å². The molecule has 5 heteroatoms. The van der Waals surface area contributed by atoms with Gasteiger partial charge in [0.15, 0.2) is 0 Å². The maximum absolute atomic E-state index is 9.53. The van der Waals surface area contributed by atoms with E-state index in [1.807, 2.05) is 19.1 Å². The van der Waals surface area contributed by atoms with Crippen molar-refractivity contribution in [2.45, 2.75) is 26.4 Å². The molecule has 0 bridgehead atoms. The standard InChI is InChI=1S/C13H19ClO4/c1-9-4-10(7-16-2)13(18-12(15)6-14)11(5-9)8-17-3/h4-5,12,15H,6-8H2,1-3H3. The Labute approximate surface area is 112 Å². The number of alkyl halides is 1. The van der Waals surface area contributed by atoms with Gasteiger partial charge < -0.3 is 19.3 Å². The van der Waals surface area contributed by atoms with Crippen LogP contribution < -0.4 is 4.74 Å². The van der Waals surface area contributed by atoms with E-state index < -0.39 is 6.29 Å². The molecule has 0 amide bonds. The Hall–Kier alpha value is -0.810. The van der Waals surface area contributed by atoms with E-state index in [1.54, 1.807) is 14.2 Å². The number of benzene rings is 1. The van der Waals surface area contributed by atoms with Gasteiger partial charge in [-0.25, -0.2) is 0 Å². The molecule has 1 atom stereocenters. The summed E-state index contributed by atoms with van der Waals surface area (Å²) in [5, 5.41) is 9.53. The van der Waals surface area contributed by atoms with Crippen LogP contribution >= 0.6 is 11.6 Å². The molecule has 0 saturated heterocycles. The second-order valence-electron chi connectivity index (χ2n) is 4.01. The SMILES string of the molecule is COCc1cc(C)cc(COC)c1OC(O)CCl. The van der Waals surface area contributed by atoms with E-state index in [0.717, 1.165) is 16.7 Å². The molecule has 1 rings (SSSR count). The van der Waals surface area contributed by atoms with Crippen molar-refractivity contribution in [1.82, 2.24) is 0 Å². The monoisotopic (exact) mass is 274 g/mol. The van der Waals surface area contributed by atoms with Crippen LogP contribution in [0.2, 0.25) is 0 Å². The Kier molecular flexibility index (Phi) is 6.43. The maximum atomic E-state index is 9.53. The van der Waals surface area contributed by atoms with Crippen LogP contribution in [0.1, 0.15) is 16.7 Å². The number of methoxy groups -OCH3 is 2. The molecule has 0 aromatic heterocycles. The fourth-order valence-electron chi connectivity index (χ4n) is 1.77. The Bertz CT molecular complexity index is 354. The quantitative estimate of drug-likeness (QED) is 0.612. The van der Waals surface area contributed by atoms with Crippen LogP contribution in [0.15, 0.2) is 12.1 Å². The van der Waals surface area contributed by atoms with Crippen molar-refractivity contribution in [1.29, 1.82) is 0 Å². The second-order valence-corrected chi connectivity index (χ2v) is 4.31. The molecular weight excluding hydrogens is 256 g/mol. The number of hydrogen-bond acceptors (Lipinski definition) is 4. The lowest BCUT2D eigenvalue weighted by molar-refractivity contribution is -0.00102. The first-order valence-electron chi connectivity index (χ1n) is 5.63. The third kappa shape index (κ3) is 4.14. The molecule has 4 nitrogen and oxygen atoms in total. The summed E-state index contributed by atoms with van der Waals surface area (Å²) in [5.74, 6) is 0.588. The summed E-state index contributed by atoms with van der Waals surface area (Å²) < 4.78 is 15.7. The van der Waals surface area contributed by atoms with Gasteiger partial charge in [-0.15, -0.1) is 11.6 Å². The molecule has 0 aliphatic heterocycles. The predicted molar refractivity (Wildman–Crippen MR) is 70.0 cm³/mol. The van der Waals surface area contributed by atoms with Crippen molar-refractivity contribution in [3.63, 3.8) is 0 Å². The number of aliphatic hydroxyl groups excluding tert-OH is 1. The minimum absolute atomic E-state index is 0.00667. The minimum Gasteiger partial charge on any atom is -0.463 e. The van der Waals surface area contributed by atoms with Crippen LogP contribution in [0, 0.1) is 6.92 Å². The molecule has 1 N–H and O–H groups in total. The first kappa shape index (κ1) is 15.2. The number of aryl methyl sites for hydroxylation is 1. The Morgan fingerprint density at radius 1 is 1.17 bits per heavy atom. The van der Waals surface area contributed by atoms with E-state index in [-0.39, 0.29) is 5.88 Å². The van der Waals surface area contributed by atoms with E-state index in [1.165, 1.54) is 0 Å². The molecule has 0 aliphatic rings. The lowest BCUT2D eigenvalue weighted by Gasteiger charge is -2.19. The van der Waals surface area contributed by atoms with Crippen LogP contribution in [0.5, 0.6) is 5.75 Å². The van der Waals surface area contributed by atoms with Crippen LogP contribution in [0.3, 0.4) is 0 Å². The molecule has 18 heavy (non-hydrogen) atoms. The lowest BCUT2D eigenvalue weighted by Crippen LogP contribution is -2.19. The van der Waals surface area contributed by atoms with Crippen molar-refractivity contribution < 1.29 is 19.3 Å². The summed E-state index contributed by atoms with van der Waals surface area (Å²) in [7, 11) is 3.22. The van der Waals surface area contributed by atoms with Crippen molar-refractivity contribution in [2.24, 2.45) is 0 Å². The molecule has 0 spiro atoms. The molecule has 1 unspecified atom stereocenters. The predicted octanol–water partition coefficient (Wildman–Crippen LogP) is 2.22. The highest BCUT2D eigenvalue weighted by atomic mass is 35.5. The van der Waals surface area contributed by atoms with Crippen LogP contribution in [-0.2, 0) is 22.7 Å². The maximum Gasteiger partial charge on any atom is 0.211 e. The molecule has 1 aromatic rings. The third-order valence-electron chi connectivity index (χ3n) is 2.37. The number of aliphatic hydroxyl groups is 1. The fourth-order valence-corrected chi connectivity index (χ4v) is 1.84. The molecule has 0 heterocycles. The van der Waals surface area contributed by atoms with Crippen molar-refractivity contribution in [2.75, 3.05) is 20.1 Å². The Balaban J connectivity index is 3.12. The Morgan fingerprint density at radius 3 is 2.06 bits per heavy atom. The smallest absolute Gasteiger partial charge is 0.211 e. The normalized spacial score (nSPS) is 12.5. The zero-order chi connectivity index (χ0) is 13.5. The summed E-state index contributed by atoms with van der Waals surface area (Å²) in [6.45, 7) is 2.80. The summed E-state index contributed by atoms with van der Waals surface area (Å²) in [5.41, 5.74) is 2.82. The summed E-state index contributed by atoms with van der Waals surface area (Å²) in [4.78, 5) is 0. The lowest BCUT2D eigenvalue weighted by atomic mass is 10.1. The van der Waals surface area contributed by atoms with E-state index in [0.29, 0.717) is 19.0 Å². The summed E-state index contributed by atoms with van der Waals surface area (Å²) >= 11 is 5.55. The number of ether oxygens (including phenoxy) is 3. The molecule has 1 aromatic carbocycles. The topological polar surface area (TPSA) is 47.9 Å². The largest absolute Gasteiger partial charge is 0.463 e. The first-order valence-corrected chi connectivity index (χ1v) is 6.16. The molecule has 0 radical (unpaired) electrons. The van der Waals surface area contributed by atoms with Gasteiger partial charge in [0.25, 0.3) is 0 Å². The number of hydrogen-bond donors (Lipinski definition) is 1. The van der Waals surface area contributed by atoms with Gasteiger partial charge in [0.2, 0.25) is 6.29 Å². The average Bonchev–Trinajstić information content (AvgIpc) is 2.33. The van der Waals surface area contributed by atoms with Gasteiger partial charge in [0.1, 0.15) is 5.75 Å². The van der Waals surface area contributed by atoms with Gasteiger partial charge in [-0.3, -0.25) is 0 Å². The third-order valence-corrected chi connectivity index (χ3v) is 2.64. The van der Waals surface area contributed by atoms with Crippen LogP contribution in [-0.4, -0.2) is 31.5 Å². The number of halogens is 1. The van der Waals surface area contributed by atoms with E-state index in [2.05, 4.69) is 0 Å². The fraction of sp³-hybridized carbons (Fsp3) is 0.538. The molecular formula is C13H19ClO4. The van der Waals surface area contributed by atoms with Gasteiger partial charge >= 0.3 is 0 Å². The molecule has 0 aliphatic carbocycles. The van der Waals surface area contributed by atoms with E-state index in [4.69, 9.17) is 25.8 Å². The van der Waals surface area contributed by atoms with Gasteiger partial charge in [-0.2, -0.15) is 0 Å². The summed E-state index contributed by atoms with van der Waals surface area (Å²) in [6.07, 6.45) is -1.04. The summed E-state index contributed by atoms with van der Waals surface area (Å²) in [6, 6.07) is 3.91. The Morgan fingerprint density at radius 2 is 1.67 bits per heavy atom. The molecule has 0 fully saturated rings. The second kappa shape index (κ2) is 7.59. The molecule has 102 valence electrons. The van der Waals surface area contributed by atoms with Crippen molar-refractivity contribution >= 4 is 11.6 Å². The van der Waals surface area contributed by atoms with Crippen LogP contribution in [0.25, 0.3) is 0 Å².